The fraction of sp³-hybridized carbons (Fsp3) is 0.333. The third-order valence-electron chi connectivity index (χ3n) is 2.82. The Labute approximate surface area is 93.9 Å². The average Bonchev–Trinajstić information content (AvgIpc) is 2.41. The van der Waals surface area contributed by atoms with Crippen molar-refractivity contribution in [3.05, 3.63) is 34.0 Å². The van der Waals surface area contributed by atoms with Gasteiger partial charge in [-0.2, -0.15) is 0 Å². The van der Waals surface area contributed by atoms with Crippen LogP contribution in [0.25, 0.3) is 10.9 Å². The maximum atomic E-state index is 9.65. The summed E-state index contributed by atoms with van der Waals surface area (Å²) in [7, 11) is 0. The molecular weight excluding hydrogens is 210 g/mol. The number of rotatable bonds is 1. The average molecular weight is 224 g/mol. The number of hydrogen-bond acceptors (Lipinski definition) is 1. The van der Waals surface area contributed by atoms with Crippen LogP contribution in [-0.2, 0) is 0 Å². The molecule has 0 aliphatic heterocycles. The Bertz CT molecular complexity index is 514. The highest BCUT2D eigenvalue weighted by Crippen LogP contribution is 2.32. The molecule has 0 saturated heterocycles. The van der Waals surface area contributed by atoms with Crippen LogP contribution < -0.4 is 0 Å². The number of aliphatic hydroxyl groups excluding tert-OH is 1. The van der Waals surface area contributed by atoms with Crippen LogP contribution in [0.3, 0.4) is 0 Å². The number of aliphatic hydroxyl groups is 1. The number of aryl methyl sites for hydroxylation is 2. The molecule has 0 amide bonds. The molecule has 1 heterocycles. The van der Waals surface area contributed by atoms with Gasteiger partial charge in [0.25, 0.3) is 0 Å². The molecule has 1 unspecified atom stereocenters. The van der Waals surface area contributed by atoms with Gasteiger partial charge in [-0.3, -0.25) is 0 Å². The minimum atomic E-state index is -0.548. The zero-order valence-corrected chi connectivity index (χ0v) is 9.81. The smallest absolute Gasteiger partial charge is 0.113 e. The van der Waals surface area contributed by atoms with E-state index in [2.05, 4.69) is 31.0 Å². The molecular formula is C12H14ClNO. The van der Waals surface area contributed by atoms with Crippen molar-refractivity contribution < 1.29 is 5.11 Å². The summed E-state index contributed by atoms with van der Waals surface area (Å²) in [5.41, 5.74) is 4.20. The Morgan fingerprint density at radius 2 is 1.87 bits per heavy atom. The zero-order chi connectivity index (χ0) is 11.2. The lowest BCUT2D eigenvalue weighted by Crippen LogP contribution is -1.90. The maximum Gasteiger partial charge on any atom is 0.113 e. The fourth-order valence-corrected chi connectivity index (χ4v) is 2.22. The summed E-state index contributed by atoms with van der Waals surface area (Å²) in [4.78, 5) is 3.08. The Balaban J connectivity index is 2.81. The zero-order valence-electron chi connectivity index (χ0n) is 9.06. The van der Waals surface area contributed by atoms with Crippen LogP contribution >= 0.6 is 11.6 Å². The molecule has 0 fully saturated rings. The number of hydrogen-bond donors (Lipinski definition) is 2. The molecule has 0 aliphatic carbocycles. The molecule has 1 aromatic heterocycles. The monoisotopic (exact) mass is 223 g/mol. The first-order chi connectivity index (χ1) is 7.00. The first-order valence-electron chi connectivity index (χ1n) is 4.97. The highest BCUT2D eigenvalue weighted by molar-refractivity contribution is 6.31. The third kappa shape index (κ3) is 1.64. The summed E-state index contributed by atoms with van der Waals surface area (Å²) in [5.74, 6) is 0. The highest BCUT2D eigenvalue weighted by atomic mass is 35.5. The molecule has 3 heteroatoms. The molecule has 0 spiro atoms. The first kappa shape index (κ1) is 10.5. The number of H-pyrrole nitrogens is 1. The second-order valence-corrected chi connectivity index (χ2v) is 4.39. The number of aromatic amines is 1. The Morgan fingerprint density at radius 1 is 1.27 bits per heavy atom. The van der Waals surface area contributed by atoms with Gasteiger partial charge in [-0.25, -0.2) is 0 Å². The largest absolute Gasteiger partial charge is 0.389 e. The van der Waals surface area contributed by atoms with E-state index in [1.807, 2.05) is 0 Å². The number of aromatic nitrogens is 1. The number of benzene rings is 1. The summed E-state index contributed by atoms with van der Waals surface area (Å²) >= 11 is 6.05. The third-order valence-corrected chi connectivity index (χ3v) is 3.12. The van der Waals surface area contributed by atoms with Crippen molar-refractivity contribution in [3.8, 4) is 0 Å². The standard InChI is InChI=1S/C12H14ClNO/c1-6-4-9-10(5-7(6)2)14-12(13)11(9)8(3)15/h4-5,8,14-15H,1-3H3. The van der Waals surface area contributed by atoms with Gasteiger partial charge in [-0.1, -0.05) is 11.6 Å². The molecule has 1 atom stereocenters. The molecule has 2 N–H and O–H groups in total. The van der Waals surface area contributed by atoms with Crippen molar-refractivity contribution >= 4 is 22.5 Å². The van der Waals surface area contributed by atoms with E-state index in [-0.39, 0.29) is 0 Å². The summed E-state index contributed by atoms with van der Waals surface area (Å²) in [6, 6.07) is 4.12. The minimum Gasteiger partial charge on any atom is -0.389 e. The van der Waals surface area contributed by atoms with Crippen molar-refractivity contribution in [1.82, 2.24) is 4.98 Å². The van der Waals surface area contributed by atoms with Crippen LogP contribution in [0.15, 0.2) is 12.1 Å². The van der Waals surface area contributed by atoms with Gasteiger partial charge in [-0.05, 0) is 44.0 Å². The van der Waals surface area contributed by atoms with Gasteiger partial charge in [0, 0.05) is 16.5 Å². The summed E-state index contributed by atoms with van der Waals surface area (Å²) in [6.45, 7) is 5.84. The molecule has 2 aromatic rings. The van der Waals surface area contributed by atoms with Gasteiger partial charge < -0.3 is 10.1 Å². The number of nitrogens with one attached hydrogen (secondary N) is 1. The Hall–Kier alpha value is -0.990. The molecule has 0 saturated carbocycles. The van der Waals surface area contributed by atoms with E-state index in [9.17, 15) is 5.11 Å². The van der Waals surface area contributed by atoms with E-state index in [0.29, 0.717) is 5.15 Å². The number of halogens is 1. The quantitative estimate of drug-likeness (QED) is 0.763. The summed E-state index contributed by atoms with van der Waals surface area (Å²) < 4.78 is 0. The predicted molar refractivity (Wildman–Crippen MR) is 63.4 cm³/mol. The van der Waals surface area contributed by atoms with Gasteiger partial charge in [0.05, 0.1) is 6.10 Å². The van der Waals surface area contributed by atoms with E-state index in [0.717, 1.165) is 16.5 Å². The van der Waals surface area contributed by atoms with Gasteiger partial charge >= 0.3 is 0 Å². The van der Waals surface area contributed by atoms with Crippen molar-refractivity contribution in [2.24, 2.45) is 0 Å². The Morgan fingerprint density at radius 3 is 2.47 bits per heavy atom. The van der Waals surface area contributed by atoms with Gasteiger partial charge in [-0.15, -0.1) is 0 Å². The molecule has 0 bridgehead atoms. The van der Waals surface area contributed by atoms with E-state index in [4.69, 9.17) is 11.6 Å². The van der Waals surface area contributed by atoms with Crippen molar-refractivity contribution in [1.29, 1.82) is 0 Å². The SMILES string of the molecule is Cc1cc2[nH]c(Cl)c(C(C)O)c2cc1C. The molecule has 15 heavy (non-hydrogen) atoms. The van der Waals surface area contributed by atoms with Crippen molar-refractivity contribution in [2.45, 2.75) is 26.9 Å². The normalized spacial score (nSPS) is 13.4. The molecule has 2 rings (SSSR count). The summed E-state index contributed by atoms with van der Waals surface area (Å²) in [6.07, 6.45) is -0.548. The lowest BCUT2D eigenvalue weighted by Gasteiger charge is -2.04. The molecule has 80 valence electrons. The van der Waals surface area contributed by atoms with Gasteiger partial charge in [0.1, 0.15) is 5.15 Å². The molecule has 1 aromatic carbocycles. The molecule has 0 radical (unpaired) electrons. The van der Waals surface area contributed by atoms with E-state index >= 15 is 0 Å². The van der Waals surface area contributed by atoms with Gasteiger partial charge in [0.15, 0.2) is 0 Å². The fourth-order valence-electron chi connectivity index (χ4n) is 1.85. The predicted octanol–water partition coefficient (Wildman–Crippen LogP) is 3.49. The minimum absolute atomic E-state index is 0.532. The van der Waals surface area contributed by atoms with Crippen molar-refractivity contribution in [3.63, 3.8) is 0 Å². The lowest BCUT2D eigenvalue weighted by molar-refractivity contribution is 0.201. The van der Waals surface area contributed by atoms with Gasteiger partial charge in [0.2, 0.25) is 0 Å². The second-order valence-electron chi connectivity index (χ2n) is 4.01. The van der Waals surface area contributed by atoms with Crippen molar-refractivity contribution in [2.75, 3.05) is 0 Å². The van der Waals surface area contributed by atoms with Crippen LogP contribution in [0.2, 0.25) is 5.15 Å². The number of fused-ring (bicyclic) bond motifs is 1. The van der Waals surface area contributed by atoms with Crippen LogP contribution in [0.4, 0.5) is 0 Å². The maximum absolute atomic E-state index is 9.65. The highest BCUT2D eigenvalue weighted by Gasteiger charge is 2.14. The van der Waals surface area contributed by atoms with Crippen LogP contribution in [-0.4, -0.2) is 10.1 Å². The lowest BCUT2D eigenvalue weighted by atomic mass is 10.0. The Kier molecular flexibility index (Phi) is 2.49. The molecule has 2 nitrogen and oxygen atoms in total. The first-order valence-corrected chi connectivity index (χ1v) is 5.35. The van der Waals surface area contributed by atoms with Crippen LogP contribution in [0, 0.1) is 13.8 Å². The topological polar surface area (TPSA) is 36.0 Å². The van der Waals surface area contributed by atoms with E-state index in [1.54, 1.807) is 6.92 Å². The molecule has 0 aliphatic rings. The van der Waals surface area contributed by atoms with E-state index in [1.165, 1.54) is 11.1 Å². The second kappa shape index (κ2) is 3.54. The van der Waals surface area contributed by atoms with Crippen LogP contribution in [0.5, 0.6) is 0 Å². The van der Waals surface area contributed by atoms with E-state index < -0.39 is 6.10 Å². The summed E-state index contributed by atoms with van der Waals surface area (Å²) in [5, 5.41) is 11.2. The van der Waals surface area contributed by atoms with Crippen LogP contribution in [0.1, 0.15) is 29.7 Å².